The van der Waals surface area contributed by atoms with Crippen molar-refractivity contribution in [2.24, 2.45) is 0 Å². The maximum Gasteiger partial charge on any atom is 0.251 e. The van der Waals surface area contributed by atoms with E-state index in [4.69, 9.17) is 11.6 Å². The summed E-state index contributed by atoms with van der Waals surface area (Å²) in [6, 6.07) is 14.5. The molecule has 0 unspecified atom stereocenters. The van der Waals surface area contributed by atoms with Crippen LogP contribution in [0.1, 0.15) is 35.6 Å². The lowest BCUT2D eigenvalue weighted by Gasteiger charge is -2.14. The van der Waals surface area contributed by atoms with Crippen molar-refractivity contribution >= 4 is 28.5 Å². The van der Waals surface area contributed by atoms with Crippen LogP contribution in [-0.4, -0.2) is 15.9 Å². The van der Waals surface area contributed by atoms with Crippen LogP contribution < -0.4 is 5.32 Å². The lowest BCUT2D eigenvalue weighted by Crippen LogP contribution is -2.28. The number of para-hydroxylation sites is 2. The summed E-state index contributed by atoms with van der Waals surface area (Å²) >= 11 is 5.84. The highest BCUT2D eigenvalue weighted by Crippen LogP contribution is 2.19. The summed E-state index contributed by atoms with van der Waals surface area (Å²) in [5.74, 6) is 0.634. The summed E-state index contributed by atoms with van der Waals surface area (Å²) in [5.41, 5.74) is 2.45. The Morgan fingerprint density at radius 2 is 1.95 bits per heavy atom. The zero-order chi connectivity index (χ0) is 15.5. The van der Waals surface area contributed by atoms with E-state index in [1.54, 1.807) is 24.3 Å². The molecule has 0 aliphatic heterocycles. The molecule has 0 bridgehead atoms. The Kier molecular flexibility index (Phi) is 4.11. The van der Waals surface area contributed by atoms with Gasteiger partial charge < -0.3 is 10.3 Å². The summed E-state index contributed by atoms with van der Waals surface area (Å²) < 4.78 is 0. The summed E-state index contributed by atoms with van der Waals surface area (Å²) in [6.45, 7) is 2.01. The maximum atomic E-state index is 12.3. The van der Waals surface area contributed by atoms with E-state index in [1.807, 2.05) is 31.2 Å². The molecule has 0 saturated heterocycles. The van der Waals surface area contributed by atoms with Crippen molar-refractivity contribution in [2.75, 3.05) is 0 Å². The molecule has 3 aromatic rings. The molecule has 1 heterocycles. The van der Waals surface area contributed by atoms with Crippen LogP contribution in [0, 0.1) is 0 Å². The number of imidazole rings is 1. The first-order valence-electron chi connectivity index (χ1n) is 7.18. The van der Waals surface area contributed by atoms with E-state index in [-0.39, 0.29) is 11.9 Å². The Morgan fingerprint density at radius 1 is 1.23 bits per heavy atom. The van der Waals surface area contributed by atoms with Gasteiger partial charge >= 0.3 is 0 Å². The fourth-order valence-electron chi connectivity index (χ4n) is 2.34. The topological polar surface area (TPSA) is 57.8 Å². The summed E-state index contributed by atoms with van der Waals surface area (Å²) in [7, 11) is 0. The Hall–Kier alpha value is -2.33. The van der Waals surface area contributed by atoms with Gasteiger partial charge in [0.1, 0.15) is 5.82 Å². The van der Waals surface area contributed by atoms with E-state index in [0.29, 0.717) is 10.6 Å². The van der Waals surface area contributed by atoms with Gasteiger partial charge in [-0.15, -0.1) is 0 Å². The Balaban J connectivity index is 1.81. The zero-order valence-electron chi connectivity index (χ0n) is 12.1. The summed E-state index contributed by atoms with van der Waals surface area (Å²) in [4.78, 5) is 20.1. The standard InChI is InChI=1S/C17H16ClN3O/c1-2-13(16-19-14-5-3-4-6-15(14)20-16)21-17(22)11-7-9-12(18)10-8-11/h3-10,13H,2H2,1H3,(H,19,20)(H,21,22)/t13-/m1/s1. The van der Waals surface area contributed by atoms with Gasteiger partial charge in [0, 0.05) is 10.6 Å². The first-order chi connectivity index (χ1) is 10.7. The van der Waals surface area contributed by atoms with E-state index >= 15 is 0 Å². The largest absolute Gasteiger partial charge is 0.342 e. The fourth-order valence-corrected chi connectivity index (χ4v) is 2.47. The third kappa shape index (κ3) is 2.97. The number of amides is 1. The number of carbonyl (C=O) groups excluding carboxylic acids is 1. The predicted molar refractivity (Wildman–Crippen MR) is 88.0 cm³/mol. The summed E-state index contributed by atoms with van der Waals surface area (Å²) in [5, 5.41) is 3.62. The number of H-pyrrole nitrogens is 1. The van der Waals surface area contributed by atoms with Crippen molar-refractivity contribution in [3.05, 3.63) is 64.9 Å². The number of rotatable bonds is 4. The van der Waals surface area contributed by atoms with E-state index in [0.717, 1.165) is 23.3 Å². The van der Waals surface area contributed by atoms with Gasteiger partial charge in [0.05, 0.1) is 17.1 Å². The Morgan fingerprint density at radius 3 is 2.64 bits per heavy atom. The predicted octanol–water partition coefficient (Wildman–Crippen LogP) is 4.10. The lowest BCUT2D eigenvalue weighted by atomic mass is 10.1. The average Bonchev–Trinajstić information content (AvgIpc) is 2.96. The molecule has 0 fully saturated rings. The zero-order valence-corrected chi connectivity index (χ0v) is 12.9. The molecule has 22 heavy (non-hydrogen) atoms. The number of hydrogen-bond acceptors (Lipinski definition) is 2. The Labute approximate surface area is 133 Å². The Bertz CT molecular complexity index is 762. The molecule has 1 amide bonds. The van der Waals surface area contributed by atoms with Crippen LogP contribution in [0.5, 0.6) is 0 Å². The molecule has 112 valence electrons. The second-order valence-corrected chi connectivity index (χ2v) is 5.52. The van der Waals surface area contributed by atoms with Gasteiger partial charge in [0.2, 0.25) is 0 Å². The molecule has 0 spiro atoms. The number of benzene rings is 2. The molecule has 1 aromatic heterocycles. The van der Waals surface area contributed by atoms with Gasteiger partial charge in [-0.1, -0.05) is 30.7 Å². The third-order valence-electron chi connectivity index (χ3n) is 3.56. The molecule has 0 aliphatic carbocycles. The summed E-state index contributed by atoms with van der Waals surface area (Å²) in [6.07, 6.45) is 0.749. The highest BCUT2D eigenvalue weighted by molar-refractivity contribution is 6.30. The molecular formula is C17H16ClN3O. The van der Waals surface area contributed by atoms with Crippen LogP contribution in [-0.2, 0) is 0 Å². The second kappa shape index (κ2) is 6.20. The molecule has 3 rings (SSSR count). The number of hydrogen-bond donors (Lipinski definition) is 2. The monoisotopic (exact) mass is 313 g/mol. The second-order valence-electron chi connectivity index (χ2n) is 5.08. The van der Waals surface area contributed by atoms with Gasteiger partial charge in [0.15, 0.2) is 0 Å². The van der Waals surface area contributed by atoms with Crippen LogP contribution in [0.15, 0.2) is 48.5 Å². The molecule has 1 atom stereocenters. The van der Waals surface area contributed by atoms with Crippen molar-refractivity contribution in [2.45, 2.75) is 19.4 Å². The maximum absolute atomic E-state index is 12.3. The lowest BCUT2D eigenvalue weighted by molar-refractivity contribution is 0.0934. The molecule has 0 aliphatic rings. The minimum atomic E-state index is -0.157. The van der Waals surface area contributed by atoms with Gasteiger partial charge in [-0.25, -0.2) is 4.98 Å². The van der Waals surface area contributed by atoms with Gasteiger partial charge in [-0.05, 0) is 42.8 Å². The average molecular weight is 314 g/mol. The van der Waals surface area contributed by atoms with Gasteiger partial charge in [-0.3, -0.25) is 4.79 Å². The first-order valence-corrected chi connectivity index (χ1v) is 7.56. The van der Waals surface area contributed by atoms with Crippen LogP contribution >= 0.6 is 11.6 Å². The number of carbonyl (C=O) groups is 1. The van der Waals surface area contributed by atoms with Crippen molar-refractivity contribution < 1.29 is 4.79 Å². The fraction of sp³-hybridized carbons (Fsp3) is 0.176. The van der Waals surface area contributed by atoms with E-state index in [9.17, 15) is 4.79 Å². The number of nitrogens with one attached hydrogen (secondary N) is 2. The quantitative estimate of drug-likeness (QED) is 0.762. The highest BCUT2D eigenvalue weighted by atomic mass is 35.5. The molecule has 0 radical (unpaired) electrons. The molecule has 2 aromatic carbocycles. The molecular weight excluding hydrogens is 298 g/mol. The minimum absolute atomic E-state index is 0.135. The molecule has 0 saturated carbocycles. The van der Waals surface area contributed by atoms with Crippen LogP contribution in [0.4, 0.5) is 0 Å². The van der Waals surface area contributed by atoms with Gasteiger partial charge in [-0.2, -0.15) is 0 Å². The highest BCUT2D eigenvalue weighted by Gasteiger charge is 2.17. The third-order valence-corrected chi connectivity index (χ3v) is 3.81. The number of aromatic amines is 1. The van der Waals surface area contributed by atoms with E-state index in [2.05, 4.69) is 15.3 Å². The number of aromatic nitrogens is 2. The molecule has 5 heteroatoms. The van der Waals surface area contributed by atoms with E-state index < -0.39 is 0 Å². The smallest absolute Gasteiger partial charge is 0.251 e. The van der Waals surface area contributed by atoms with Gasteiger partial charge in [0.25, 0.3) is 5.91 Å². The van der Waals surface area contributed by atoms with Crippen LogP contribution in [0.3, 0.4) is 0 Å². The van der Waals surface area contributed by atoms with Crippen molar-refractivity contribution in [1.29, 1.82) is 0 Å². The SMILES string of the molecule is CC[C@@H](NC(=O)c1ccc(Cl)cc1)c1nc2ccccc2[nH]1. The van der Waals surface area contributed by atoms with E-state index in [1.165, 1.54) is 0 Å². The van der Waals surface area contributed by atoms with Crippen LogP contribution in [0.25, 0.3) is 11.0 Å². The number of nitrogens with zero attached hydrogens (tertiary/aromatic N) is 1. The number of fused-ring (bicyclic) bond motifs is 1. The van der Waals surface area contributed by atoms with Crippen LogP contribution in [0.2, 0.25) is 5.02 Å². The van der Waals surface area contributed by atoms with Crippen molar-refractivity contribution in [1.82, 2.24) is 15.3 Å². The van der Waals surface area contributed by atoms with Crippen molar-refractivity contribution in [3.63, 3.8) is 0 Å². The minimum Gasteiger partial charge on any atom is -0.342 e. The normalized spacial score (nSPS) is 12.3. The molecule has 4 nitrogen and oxygen atoms in total. The number of halogens is 1. The molecule has 2 N–H and O–H groups in total. The van der Waals surface area contributed by atoms with Crippen molar-refractivity contribution in [3.8, 4) is 0 Å². The first kappa shape index (κ1) is 14.6.